The maximum absolute atomic E-state index is 8.65. The zero-order chi connectivity index (χ0) is 11.9. The van der Waals surface area contributed by atoms with Gasteiger partial charge in [-0.3, -0.25) is 4.90 Å². The number of nitrogens with zero attached hydrogens (tertiary/aromatic N) is 1. The van der Waals surface area contributed by atoms with Gasteiger partial charge >= 0.3 is 0 Å². The number of aliphatic hydroxyl groups excluding tert-OH is 1. The van der Waals surface area contributed by atoms with Gasteiger partial charge in [-0.05, 0) is 38.1 Å². The summed E-state index contributed by atoms with van der Waals surface area (Å²) in [6, 6.07) is 4.22. The molecule has 2 rings (SSSR count). The van der Waals surface area contributed by atoms with Gasteiger partial charge in [0.05, 0.1) is 4.88 Å². The zero-order valence-corrected chi connectivity index (χ0v) is 10.9. The molecule has 1 fully saturated rings. The van der Waals surface area contributed by atoms with E-state index < -0.39 is 0 Å². The number of aliphatic hydroxyl groups is 1. The van der Waals surface area contributed by atoms with Crippen molar-refractivity contribution in [3.05, 3.63) is 21.9 Å². The van der Waals surface area contributed by atoms with Gasteiger partial charge < -0.3 is 5.11 Å². The Balaban J connectivity index is 1.91. The molecule has 0 bridgehead atoms. The van der Waals surface area contributed by atoms with Gasteiger partial charge in [0, 0.05) is 11.4 Å². The maximum Gasteiger partial charge on any atom is 0.104 e. The molecule has 1 aromatic rings. The molecular weight excluding hydrogens is 230 g/mol. The topological polar surface area (TPSA) is 23.5 Å². The molecule has 1 saturated heterocycles. The van der Waals surface area contributed by atoms with Gasteiger partial charge in [0.1, 0.15) is 6.61 Å². The molecule has 0 amide bonds. The van der Waals surface area contributed by atoms with Crippen LogP contribution in [0.3, 0.4) is 0 Å². The fraction of sp³-hybridized carbons (Fsp3) is 0.571. The molecule has 0 spiro atoms. The van der Waals surface area contributed by atoms with E-state index in [9.17, 15) is 0 Å². The maximum atomic E-state index is 8.65. The van der Waals surface area contributed by atoms with Gasteiger partial charge in [0.15, 0.2) is 0 Å². The Kier molecular flexibility index (Phi) is 5.06. The minimum absolute atomic E-state index is 0.0562. The lowest BCUT2D eigenvalue weighted by atomic mass is 10.2. The molecule has 3 heteroatoms. The minimum atomic E-state index is -0.0562. The fourth-order valence-corrected chi connectivity index (χ4v) is 3.10. The van der Waals surface area contributed by atoms with E-state index in [0.717, 1.165) is 11.4 Å². The van der Waals surface area contributed by atoms with Gasteiger partial charge in [-0.25, -0.2) is 0 Å². The Bertz CT molecular complexity index is 394. The second-order valence-corrected chi connectivity index (χ2v) is 5.58. The summed E-state index contributed by atoms with van der Waals surface area (Å²) >= 11 is 1.75. The van der Waals surface area contributed by atoms with Crippen molar-refractivity contribution in [3.63, 3.8) is 0 Å². The summed E-state index contributed by atoms with van der Waals surface area (Å²) in [6.07, 6.45) is 5.44. The molecule has 0 aromatic carbocycles. The van der Waals surface area contributed by atoms with Gasteiger partial charge in [-0.2, -0.15) is 0 Å². The second-order valence-electron chi connectivity index (χ2n) is 4.42. The molecule has 0 unspecified atom stereocenters. The zero-order valence-electron chi connectivity index (χ0n) is 10.1. The summed E-state index contributed by atoms with van der Waals surface area (Å²) in [5, 5.41) is 8.65. The fourth-order valence-electron chi connectivity index (χ4n) is 2.17. The number of hydrogen-bond acceptors (Lipinski definition) is 3. The summed E-state index contributed by atoms with van der Waals surface area (Å²) in [7, 11) is 0. The van der Waals surface area contributed by atoms with E-state index in [4.69, 9.17) is 5.11 Å². The van der Waals surface area contributed by atoms with E-state index >= 15 is 0 Å². The molecule has 0 atom stereocenters. The number of likely N-dealkylation sites (tertiary alicyclic amines) is 1. The van der Waals surface area contributed by atoms with Crippen molar-refractivity contribution in [1.82, 2.24) is 4.90 Å². The van der Waals surface area contributed by atoms with Crippen LogP contribution < -0.4 is 0 Å². The van der Waals surface area contributed by atoms with Crippen molar-refractivity contribution in [1.29, 1.82) is 0 Å². The Morgan fingerprint density at radius 3 is 2.65 bits per heavy atom. The Morgan fingerprint density at radius 1 is 1.18 bits per heavy atom. The molecule has 1 aliphatic rings. The van der Waals surface area contributed by atoms with E-state index in [1.54, 1.807) is 11.3 Å². The van der Waals surface area contributed by atoms with Crippen molar-refractivity contribution in [2.75, 3.05) is 19.7 Å². The molecule has 0 aliphatic carbocycles. The van der Waals surface area contributed by atoms with Crippen LogP contribution in [0.4, 0.5) is 0 Å². The third-order valence-electron chi connectivity index (χ3n) is 3.03. The molecule has 1 aliphatic heterocycles. The predicted molar refractivity (Wildman–Crippen MR) is 72.0 cm³/mol. The lowest BCUT2D eigenvalue weighted by molar-refractivity contribution is 0.279. The third-order valence-corrected chi connectivity index (χ3v) is 4.02. The molecule has 0 radical (unpaired) electrons. The first-order valence-electron chi connectivity index (χ1n) is 6.29. The molecule has 1 aromatic heterocycles. The standard InChI is InChI=1S/C14H19NOS/c16-11-5-6-13-7-8-14(17-13)12-15-9-3-1-2-4-10-15/h7-8,16H,1-4,9-12H2. The molecule has 1 N–H and O–H groups in total. The first-order valence-corrected chi connectivity index (χ1v) is 7.11. The van der Waals surface area contributed by atoms with Gasteiger partial charge in [0.2, 0.25) is 0 Å². The quantitative estimate of drug-likeness (QED) is 0.814. The van der Waals surface area contributed by atoms with E-state index in [-0.39, 0.29) is 6.61 Å². The molecule has 2 heterocycles. The summed E-state index contributed by atoms with van der Waals surface area (Å²) in [4.78, 5) is 4.99. The predicted octanol–water partition coefficient (Wildman–Crippen LogP) is 2.47. The van der Waals surface area contributed by atoms with Crippen LogP contribution in [0.2, 0.25) is 0 Å². The smallest absolute Gasteiger partial charge is 0.104 e. The summed E-state index contributed by atoms with van der Waals surface area (Å²) in [6.45, 7) is 3.47. The van der Waals surface area contributed by atoms with Crippen LogP contribution in [0.25, 0.3) is 0 Å². The Labute approximate surface area is 107 Å². The van der Waals surface area contributed by atoms with Gasteiger partial charge in [0.25, 0.3) is 0 Å². The lowest BCUT2D eigenvalue weighted by Crippen LogP contribution is -2.23. The van der Waals surface area contributed by atoms with Crippen molar-refractivity contribution < 1.29 is 5.11 Å². The van der Waals surface area contributed by atoms with Gasteiger partial charge in [-0.1, -0.05) is 24.7 Å². The number of rotatable bonds is 2. The number of hydrogen-bond donors (Lipinski definition) is 1. The van der Waals surface area contributed by atoms with Crippen molar-refractivity contribution in [2.24, 2.45) is 0 Å². The molecule has 0 saturated carbocycles. The molecule has 92 valence electrons. The highest BCUT2D eigenvalue weighted by Gasteiger charge is 2.10. The summed E-state index contributed by atoms with van der Waals surface area (Å²) in [5.74, 6) is 5.66. The first kappa shape index (κ1) is 12.6. The second kappa shape index (κ2) is 6.80. The van der Waals surface area contributed by atoms with Crippen LogP contribution in [0.5, 0.6) is 0 Å². The van der Waals surface area contributed by atoms with E-state index in [2.05, 4.69) is 28.9 Å². The first-order chi connectivity index (χ1) is 8.38. The van der Waals surface area contributed by atoms with Crippen LogP contribution in [0.15, 0.2) is 12.1 Å². The highest BCUT2D eigenvalue weighted by molar-refractivity contribution is 7.12. The normalized spacial score (nSPS) is 17.2. The SMILES string of the molecule is OCC#Cc1ccc(CN2CCCCCC2)s1. The average Bonchev–Trinajstić information content (AvgIpc) is 2.61. The molecule has 2 nitrogen and oxygen atoms in total. The lowest BCUT2D eigenvalue weighted by Gasteiger charge is -2.18. The van der Waals surface area contributed by atoms with E-state index in [1.165, 1.54) is 43.6 Å². The van der Waals surface area contributed by atoms with Crippen molar-refractivity contribution >= 4 is 11.3 Å². The van der Waals surface area contributed by atoms with Crippen molar-refractivity contribution in [2.45, 2.75) is 32.2 Å². The Morgan fingerprint density at radius 2 is 1.94 bits per heavy atom. The largest absolute Gasteiger partial charge is 0.384 e. The van der Waals surface area contributed by atoms with Gasteiger partial charge in [-0.15, -0.1) is 11.3 Å². The molecular formula is C14H19NOS. The number of thiophene rings is 1. The van der Waals surface area contributed by atoms with Crippen molar-refractivity contribution in [3.8, 4) is 11.8 Å². The van der Waals surface area contributed by atoms with Crippen LogP contribution in [0.1, 0.15) is 35.4 Å². The summed E-state index contributed by atoms with van der Waals surface area (Å²) in [5.41, 5.74) is 0. The van der Waals surface area contributed by atoms with E-state index in [0.29, 0.717) is 0 Å². The average molecular weight is 249 g/mol. The van der Waals surface area contributed by atoms with Crippen LogP contribution in [0, 0.1) is 11.8 Å². The monoisotopic (exact) mass is 249 g/mol. The van der Waals surface area contributed by atoms with Crippen LogP contribution >= 0.6 is 11.3 Å². The summed E-state index contributed by atoms with van der Waals surface area (Å²) < 4.78 is 0. The highest BCUT2D eigenvalue weighted by Crippen LogP contribution is 2.19. The van der Waals surface area contributed by atoms with E-state index in [1.807, 2.05) is 0 Å². The molecule has 17 heavy (non-hydrogen) atoms. The van der Waals surface area contributed by atoms with Crippen LogP contribution in [-0.4, -0.2) is 29.7 Å². The van der Waals surface area contributed by atoms with Crippen LogP contribution in [-0.2, 0) is 6.54 Å². The highest BCUT2D eigenvalue weighted by atomic mass is 32.1. The minimum Gasteiger partial charge on any atom is -0.384 e. The third kappa shape index (κ3) is 4.16. The Hall–Kier alpha value is -0.820.